The predicted molar refractivity (Wildman–Crippen MR) is 157 cm³/mol. The first kappa shape index (κ1) is 29.7. The topological polar surface area (TPSA) is 107 Å². The van der Waals surface area contributed by atoms with Crippen LogP contribution in [0, 0.1) is 5.41 Å². The van der Waals surface area contributed by atoms with Gasteiger partial charge in [0, 0.05) is 37.7 Å². The Morgan fingerprint density at radius 3 is 2.44 bits per heavy atom. The number of aliphatic hydroxyl groups is 1. The highest BCUT2D eigenvalue weighted by molar-refractivity contribution is 5.90. The number of carbonyl (C=O) groups excluding carboxylic acids is 2. The number of likely N-dealkylation sites (N-methyl/N-ethyl adjacent to an activating group) is 1. The molecular weight excluding hydrogens is 518 g/mol. The molecule has 1 aromatic heterocycles. The first-order valence-electron chi connectivity index (χ1n) is 15.2. The van der Waals surface area contributed by atoms with E-state index in [4.69, 9.17) is 0 Å². The van der Waals surface area contributed by atoms with Crippen LogP contribution in [0.1, 0.15) is 82.1 Å². The fourth-order valence-electron chi connectivity index (χ4n) is 6.39. The molecule has 4 atom stereocenters. The molecule has 1 saturated carbocycles. The number of nitrogens with one attached hydrogen (secondary N) is 1. The van der Waals surface area contributed by atoms with Gasteiger partial charge in [-0.15, -0.1) is 5.10 Å². The number of carbonyl (C=O) groups is 2. The van der Waals surface area contributed by atoms with E-state index in [1.54, 1.807) is 9.58 Å². The maximum atomic E-state index is 14.1. The van der Waals surface area contributed by atoms with Gasteiger partial charge in [-0.2, -0.15) is 0 Å². The van der Waals surface area contributed by atoms with Crippen molar-refractivity contribution in [2.75, 3.05) is 40.3 Å². The first-order valence-corrected chi connectivity index (χ1v) is 15.2. The molecular formula is C31H47N7O3. The number of β-amino-alcohol motifs (C(OH)–C–C–N with tert-alkyl or cyclic N) is 1. The van der Waals surface area contributed by atoms with Gasteiger partial charge >= 0.3 is 0 Å². The number of nitrogens with zero attached hydrogens (tertiary/aromatic N) is 6. The Hall–Kier alpha value is -2.82. The van der Waals surface area contributed by atoms with Crippen LogP contribution in [0.2, 0.25) is 0 Å². The molecule has 10 nitrogen and oxygen atoms in total. The zero-order valence-corrected chi connectivity index (χ0v) is 25.2. The third-order valence-electron chi connectivity index (χ3n) is 9.01. The highest BCUT2D eigenvalue weighted by Gasteiger charge is 2.46. The number of likely N-dealkylation sites (tertiary alicyclic amines) is 2. The molecule has 3 fully saturated rings. The van der Waals surface area contributed by atoms with Crippen molar-refractivity contribution in [1.29, 1.82) is 0 Å². The van der Waals surface area contributed by atoms with Crippen LogP contribution < -0.4 is 5.32 Å². The van der Waals surface area contributed by atoms with Crippen molar-refractivity contribution in [3.8, 4) is 0 Å². The van der Waals surface area contributed by atoms with Crippen LogP contribution in [0.4, 0.5) is 0 Å². The fourth-order valence-corrected chi connectivity index (χ4v) is 6.39. The van der Waals surface area contributed by atoms with Crippen molar-refractivity contribution in [3.63, 3.8) is 0 Å². The Bertz CT molecular complexity index is 1180. The normalized spacial score (nSPS) is 24.0. The van der Waals surface area contributed by atoms with E-state index >= 15 is 0 Å². The highest BCUT2D eigenvalue weighted by atomic mass is 16.3. The van der Waals surface area contributed by atoms with Crippen molar-refractivity contribution in [1.82, 2.24) is 35.0 Å². The fraction of sp³-hybridized carbons (Fsp3) is 0.677. The van der Waals surface area contributed by atoms with Gasteiger partial charge in [0.1, 0.15) is 12.1 Å². The molecule has 1 unspecified atom stereocenters. The van der Waals surface area contributed by atoms with E-state index in [1.807, 2.05) is 57.3 Å². The van der Waals surface area contributed by atoms with Crippen molar-refractivity contribution in [2.24, 2.45) is 5.41 Å². The summed E-state index contributed by atoms with van der Waals surface area (Å²) >= 11 is 0. The first-order chi connectivity index (χ1) is 19.5. The second-order valence-corrected chi connectivity index (χ2v) is 13.5. The quantitative estimate of drug-likeness (QED) is 0.481. The van der Waals surface area contributed by atoms with Gasteiger partial charge < -0.3 is 25.1 Å². The lowest BCUT2D eigenvalue weighted by Crippen LogP contribution is -2.52. The van der Waals surface area contributed by atoms with Crippen LogP contribution in [-0.4, -0.2) is 105 Å². The molecule has 2 saturated heterocycles. The van der Waals surface area contributed by atoms with E-state index in [0.29, 0.717) is 18.5 Å². The molecule has 10 heteroatoms. The lowest BCUT2D eigenvalue weighted by atomic mass is 9.85. The third kappa shape index (κ3) is 6.98. The van der Waals surface area contributed by atoms with Crippen molar-refractivity contribution < 1.29 is 14.7 Å². The molecule has 3 heterocycles. The minimum atomic E-state index is -0.759. The molecule has 2 N–H and O–H groups in total. The lowest BCUT2D eigenvalue weighted by Gasteiger charge is -2.37. The highest BCUT2D eigenvalue weighted by Crippen LogP contribution is 2.40. The number of hydrogen-bond donors (Lipinski definition) is 2. The van der Waals surface area contributed by atoms with E-state index in [2.05, 4.69) is 39.5 Å². The zero-order valence-electron chi connectivity index (χ0n) is 25.2. The summed E-state index contributed by atoms with van der Waals surface area (Å²) in [6, 6.07) is 8.85. The monoisotopic (exact) mass is 565 g/mol. The predicted octanol–water partition coefficient (Wildman–Crippen LogP) is 2.59. The molecule has 1 aliphatic carbocycles. The lowest BCUT2D eigenvalue weighted by molar-refractivity contribution is -0.144. The van der Waals surface area contributed by atoms with Crippen LogP contribution in [0.25, 0.3) is 0 Å². The number of aromatic nitrogens is 3. The number of amides is 2. The standard InChI is InChI=1S/C31H47N7O3/c1-31(2,3)28(38-20-26(33-34-38)22-11-12-22)30(41)37-18-24(39)17-27(37)29(40)32-25(21-9-7-6-8-10-21)19-36(5)23-13-15-35(4)16-14-23/h6-10,20,22-25,27-28,39H,11-19H2,1-5H3,(H,32,40)/t24-,25?,27+,28-/m0/s1. The molecule has 0 bridgehead atoms. The molecule has 2 aliphatic heterocycles. The van der Waals surface area contributed by atoms with Crippen LogP contribution in [0.3, 0.4) is 0 Å². The van der Waals surface area contributed by atoms with Crippen LogP contribution >= 0.6 is 0 Å². The van der Waals surface area contributed by atoms with E-state index in [0.717, 1.165) is 50.0 Å². The third-order valence-corrected chi connectivity index (χ3v) is 9.01. The van der Waals surface area contributed by atoms with E-state index in [9.17, 15) is 14.7 Å². The Kier molecular flexibility index (Phi) is 8.82. The zero-order chi connectivity index (χ0) is 29.3. The van der Waals surface area contributed by atoms with E-state index < -0.39 is 23.6 Å². The van der Waals surface area contributed by atoms with E-state index in [1.165, 1.54) is 0 Å². The smallest absolute Gasteiger partial charge is 0.248 e. The summed E-state index contributed by atoms with van der Waals surface area (Å²) in [5.74, 6) is -0.0132. The SMILES string of the molecule is CN1CCC(N(C)CC(NC(=O)[C@H]2C[C@H](O)CN2C(=O)[C@H](n2cc(C3CC3)nn2)C(C)(C)C)c2ccccc2)CC1. The maximum absolute atomic E-state index is 14.1. The minimum Gasteiger partial charge on any atom is -0.391 e. The number of hydrogen-bond acceptors (Lipinski definition) is 7. The van der Waals surface area contributed by atoms with Gasteiger partial charge in [0.2, 0.25) is 11.8 Å². The van der Waals surface area contributed by atoms with Gasteiger partial charge in [0.25, 0.3) is 0 Å². The summed E-state index contributed by atoms with van der Waals surface area (Å²) in [7, 11) is 4.29. The van der Waals surface area contributed by atoms with Crippen LogP contribution in [0.5, 0.6) is 0 Å². The molecule has 2 amide bonds. The van der Waals surface area contributed by atoms with Crippen molar-refractivity contribution >= 4 is 11.8 Å². The van der Waals surface area contributed by atoms with Gasteiger partial charge in [-0.3, -0.25) is 9.59 Å². The van der Waals surface area contributed by atoms with Crippen LogP contribution in [-0.2, 0) is 9.59 Å². The second-order valence-electron chi connectivity index (χ2n) is 13.5. The molecule has 0 radical (unpaired) electrons. The van der Waals surface area contributed by atoms with Crippen molar-refractivity contribution in [2.45, 2.75) is 89.1 Å². The molecule has 3 aliphatic rings. The number of aliphatic hydroxyl groups excluding tert-OH is 1. The Morgan fingerprint density at radius 2 is 1.80 bits per heavy atom. The molecule has 41 heavy (non-hydrogen) atoms. The average Bonchev–Trinajstić information content (AvgIpc) is 3.54. The summed E-state index contributed by atoms with van der Waals surface area (Å²) in [6.45, 7) is 8.92. The van der Waals surface area contributed by atoms with Gasteiger partial charge in [0.05, 0.1) is 17.8 Å². The van der Waals surface area contributed by atoms with Gasteiger partial charge in [-0.25, -0.2) is 4.68 Å². The summed E-state index contributed by atoms with van der Waals surface area (Å²) in [5.41, 5.74) is 1.48. The Morgan fingerprint density at radius 1 is 1.12 bits per heavy atom. The molecule has 1 aromatic carbocycles. The average molecular weight is 566 g/mol. The Balaban J connectivity index is 1.34. The molecule has 224 valence electrons. The summed E-state index contributed by atoms with van der Waals surface area (Å²) < 4.78 is 1.67. The second kappa shape index (κ2) is 12.2. The van der Waals surface area contributed by atoms with Gasteiger partial charge in [0.15, 0.2) is 0 Å². The van der Waals surface area contributed by atoms with E-state index in [-0.39, 0.29) is 30.8 Å². The summed E-state index contributed by atoms with van der Waals surface area (Å²) in [4.78, 5) is 34.4. The van der Waals surface area contributed by atoms with Crippen LogP contribution in [0.15, 0.2) is 36.5 Å². The molecule has 0 spiro atoms. The molecule has 5 rings (SSSR count). The number of piperidine rings is 1. The number of benzene rings is 1. The minimum absolute atomic E-state index is 0.124. The van der Waals surface area contributed by atoms with Gasteiger partial charge in [-0.05, 0) is 63.8 Å². The number of rotatable bonds is 9. The maximum Gasteiger partial charge on any atom is 0.248 e. The molecule has 2 aromatic rings. The van der Waals surface area contributed by atoms with Gasteiger partial charge in [-0.1, -0.05) is 56.3 Å². The largest absolute Gasteiger partial charge is 0.391 e. The summed E-state index contributed by atoms with van der Waals surface area (Å²) in [6.07, 6.45) is 5.73. The van der Waals surface area contributed by atoms with Crippen molar-refractivity contribution in [3.05, 3.63) is 47.8 Å². The Labute approximate surface area is 244 Å². The summed E-state index contributed by atoms with van der Waals surface area (Å²) in [5, 5.41) is 22.6.